The van der Waals surface area contributed by atoms with Crippen molar-refractivity contribution in [1.82, 2.24) is 10.3 Å². The molecule has 1 saturated heterocycles. The molecule has 3 N–H and O–H groups in total. The lowest BCUT2D eigenvalue weighted by atomic mass is 9.92. The predicted octanol–water partition coefficient (Wildman–Crippen LogP) is 1.62. The van der Waals surface area contributed by atoms with Crippen LogP contribution in [0.5, 0.6) is 0 Å². The number of pyridine rings is 1. The van der Waals surface area contributed by atoms with Crippen LogP contribution < -0.4 is 11.1 Å². The average Bonchev–Trinajstić information content (AvgIpc) is 2.32. The van der Waals surface area contributed by atoms with Crippen molar-refractivity contribution in [2.24, 2.45) is 0 Å². The largest absolute Gasteiger partial charge is 0.384 e. The minimum Gasteiger partial charge on any atom is -0.384 e. The van der Waals surface area contributed by atoms with Gasteiger partial charge in [-0.25, -0.2) is 4.98 Å². The van der Waals surface area contributed by atoms with E-state index in [0.29, 0.717) is 23.8 Å². The van der Waals surface area contributed by atoms with Crippen LogP contribution in [0, 0.1) is 0 Å². The molecule has 1 amide bonds. The molecule has 0 radical (unpaired) electrons. The maximum atomic E-state index is 12.2. The van der Waals surface area contributed by atoms with Gasteiger partial charge in [0.2, 0.25) is 0 Å². The van der Waals surface area contributed by atoms with E-state index in [2.05, 4.69) is 10.3 Å². The van der Waals surface area contributed by atoms with Gasteiger partial charge in [0.25, 0.3) is 5.91 Å². The Morgan fingerprint density at radius 3 is 2.89 bits per heavy atom. The monoisotopic (exact) mass is 269 g/mol. The van der Waals surface area contributed by atoms with E-state index in [0.717, 1.165) is 12.8 Å². The lowest BCUT2D eigenvalue weighted by Crippen LogP contribution is -2.49. The van der Waals surface area contributed by atoms with Crippen LogP contribution in [0.3, 0.4) is 0 Å². The second-order valence-corrected chi connectivity index (χ2v) is 5.12. The number of anilines is 1. The van der Waals surface area contributed by atoms with E-state index in [-0.39, 0.29) is 17.3 Å². The van der Waals surface area contributed by atoms with Gasteiger partial charge < -0.3 is 15.8 Å². The molecule has 0 aromatic carbocycles. The Morgan fingerprint density at radius 2 is 2.22 bits per heavy atom. The van der Waals surface area contributed by atoms with Crippen LogP contribution >= 0.6 is 11.6 Å². The summed E-state index contributed by atoms with van der Waals surface area (Å²) in [7, 11) is 0. The van der Waals surface area contributed by atoms with Crippen molar-refractivity contribution in [1.29, 1.82) is 0 Å². The molecule has 1 aromatic rings. The molecule has 0 unspecified atom stereocenters. The molecule has 0 spiro atoms. The number of ether oxygens (including phenoxy) is 1. The average molecular weight is 270 g/mol. The minimum absolute atomic E-state index is 0.224. The van der Waals surface area contributed by atoms with Gasteiger partial charge in [0, 0.05) is 24.9 Å². The van der Waals surface area contributed by atoms with Gasteiger partial charge in [0.1, 0.15) is 5.82 Å². The molecule has 1 aromatic heterocycles. The first-order valence-corrected chi connectivity index (χ1v) is 6.19. The quantitative estimate of drug-likeness (QED) is 0.855. The normalized spacial score (nSPS) is 18.3. The van der Waals surface area contributed by atoms with Gasteiger partial charge in [-0.05, 0) is 25.8 Å². The second kappa shape index (κ2) is 5.12. The Morgan fingerprint density at radius 1 is 1.56 bits per heavy atom. The summed E-state index contributed by atoms with van der Waals surface area (Å²) in [6.45, 7) is 3.32. The third-order valence-electron chi connectivity index (χ3n) is 3.13. The van der Waals surface area contributed by atoms with E-state index in [4.69, 9.17) is 22.1 Å². The molecule has 1 aliphatic heterocycles. The number of amides is 1. The highest BCUT2D eigenvalue weighted by Gasteiger charge is 2.29. The lowest BCUT2D eigenvalue weighted by Gasteiger charge is -2.34. The Kier molecular flexibility index (Phi) is 3.73. The molecule has 5 nitrogen and oxygen atoms in total. The summed E-state index contributed by atoms with van der Waals surface area (Å²) >= 11 is 5.95. The number of nitrogen functional groups attached to an aromatic ring is 1. The molecule has 2 rings (SSSR count). The molecular formula is C12H16ClN3O2. The first-order chi connectivity index (χ1) is 8.50. The van der Waals surface area contributed by atoms with Crippen LogP contribution in [0.25, 0.3) is 0 Å². The molecular weight excluding hydrogens is 254 g/mol. The molecule has 0 saturated carbocycles. The predicted molar refractivity (Wildman–Crippen MR) is 69.6 cm³/mol. The highest BCUT2D eigenvalue weighted by atomic mass is 35.5. The van der Waals surface area contributed by atoms with E-state index >= 15 is 0 Å². The number of rotatable bonds is 2. The molecule has 1 fully saturated rings. The molecule has 0 atom stereocenters. The fourth-order valence-corrected chi connectivity index (χ4v) is 2.11. The van der Waals surface area contributed by atoms with E-state index in [9.17, 15) is 4.79 Å². The van der Waals surface area contributed by atoms with Crippen LogP contribution in [-0.4, -0.2) is 29.6 Å². The Bertz CT molecular complexity index is 459. The van der Waals surface area contributed by atoms with Gasteiger partial charge in [-0.3, -0.25) is 4.79 Å². The maximum absolute atomic E-state index is 12.2. The highest BCUT2D eigenvalue weighted by Crippen LogP contribution is 2.22. The Labute approximate surface area is 111 Å². The number of nitrogens with one attached hydrogen (secondary N) is 1. The summed E-state index contributed by atoms with van der Waals surface area (Å²) in [6.07, 6.45) is 2.96. The van der Waals surface area contributed by atoms with Crippen molar-refractivity contribution in [3.8, 4) is 0 Å². The second-order valence-electron chi connectivity index (χ2n) is 4.72. The number of hydrogen-bond donors (Lipinski definition) is 2. The number of carbonyl (C=O) groups is 1. The molecule has 98 valence electrons. The van der Waals surface area contributed by atoms with Gasteiger partial charge >= 0.3 is 0 Å². The van der Waals surface area contributed by atoms with Crippen molar-refractivity contribution in [2.75, 3.05) is 18.9 Å². The molecule has 1 aliphatic rings. The molecule has 18 heavy (non-hydrogen) atoms. The fraction of sp³-hybridized carbons (Fsp3) is 0.500. The summed E-state index contributed by atoms with van der Waals surface area (Å²) in [5.74, 6) is 0.0557. The van der Waals surface area contributed by atoms with Crippen LogP contribution in [0.4, 0.5) is 5.82 Å². The lowest BCUT2D eigenvalue weighted by molar-refractivity contribution is 0.0423. The van der Waals surface area contributed by atoms with Gasteiger partial charge in [-0.2, -0.15) is 0 Å². The van der Waals surface area contributed by atoms with Crippen molar-refractivity contribution >= 4 is 23.3 Å². The third kappa shape index (κ3) is 2.91. The van der Waals surface area contributed by atoms with Gasteiger partial charge in [0.15, 0.2) is 0 Å². The summed E-state index contributed by atoms with van der Waals surface area (Å²) in [5, 5.41) is 3.30. The van der Waals surface area contributed by atoms with Crippen molar-refractivity contribution < 1.29 is 9.53 Å². The van der Waals surface area contributed by atoms with Crippen LogP contribution in [0.2, 0.25) is 5.02 Å². The summed E-state index contributed by atoms with van der Waals surface area (Å²) < 4.78 is 5.29. The molecule has 0 bridgehead atoms. The number of nitrogens with zero attached hydrogens (tertiary/aromatic N) is 1. The highest BCUT2D eigenvalue weighted by molar-refractivity contribution is 6.33. The van der Waals surface area contributed by atoms with E-state index in [1.807, 2.05) is 6.92 Å². The Hall–Kier alpha value is -1.33. The third-order valence-corrected chi connectivity index (χ3v) is 3.43. The summed E-state index contributed by atoms with van der Waals surface area (Å²) in [4.78, 5) is 16.0. The topological polar surface area (TPSA) is 77.2 Å². The maximum Gasteiger partial charge on any atom is 0.253 e. The van der Waals surface area contributed by atoms with E-state index in [1.54, 1.807) is 0 Å². The SMILES string of the molecule is CC1(NC(=O)c2cc(N)ncc2Cl)CCOCC1. The van der Waals surface area contributed by atoms with E-state index < -0.39 is 0 Å². The van der Waals surface area contributed by atoms with Crippen LogP contribution in [0.1, 0.15) is 30.1 Å². The molecule has 2 heterocycles. The molecule has 0 aliphatic carbocycles. The number of halogens is 1. The summed E-state index contributed by atoms with van der Waals surface area (Å²) in [6, 6.07) is 1.49. The fourth-order valence-electron chi connectivity index (χ4n) is 1.92. The van der Waals surface area contributed by atoms with E-state index in [1.165, 1.54) is 12.3 Å². The van der Waals surface area contributed by atoms with Gasteiger partial charge in [0.05, 0.1) is 10.6 Å². The zero-order valence-corrected chi connectivity index (χ0v) is 11.0. The standard InChI is InChI=1S/C12H16ClN3O2/c1-12(2-4-18-5-3-12)16-11(17)8-6-10(14)15-7-9(8)13/h6-7H,2-5H2,1H3,(H2,14,15)(H,16,17). The Balaban J connectivity index is 2.14. The first kappa shape index (κ1) is 13.1. The van der Waals surface area contributed by atoms with Crippen molar-refractivity contribution in [3.63, 3.8) is 0 Å². The van der Waals surface area contributed by atoms with Gasteiger partial charge in [-0.1, -0.05) is 11.6 Å². The molecule has 6 heteroatoms. The first-order valence-electron chi connectivity index (χ1n) is 5.81. The zero-order valence-electron chi connectivity index (χ0n) is 10.2. The number of carbonyl (C=O) groups excluding carboxylic acids is 1. The summed E-state index contributed by atoms with van der Waals surface area (Å²) in [5.41, 5.74) is 5.67. The minimum atomic E-state index is -0.253. The van der Waals surface area contributed by atoms with Crippen LogP contribution in [0.15, 0.2) is 12.3 Å². The zero-order chi connectivity index (χ0) is 13.2. The number of hydrogen-bond acceptors (Lipinski definition) is 4. The van der Waals surface area contributed by atoms with Crippen LogP contribution in [-0.2, 0) is 4.74 Å². The number of nitrogens with two attached hydrogens (primary N) is 1. The smallest absolute Gasteiger partial charge is 0.253 e. The number of aromatic nitrogens is 1. The van der Waals surface area contributed by atoms with Crippen molar-refractivity contribution in [2.45, 2.75) is 25.3 Å². The van der Waals surface area contributed by atoms with Crippen molar-refractivity contribution in [3.05, 3.63) is 22.8 Å². The van der Waals surface area contributed by atoms with Gasteiger partial charge in [-0.15, -0.1) is 0 Å².